The summed E-state index contributed by atoms with van der Waals surface area (Å²) in [7, 11) is 2.05. The second-order valence-corrected chi connectivity index (χ2v) is 4.65. The van der Waals surface area contributed by atoms with Crippen LogP contribution in [0.1, 0.15) is 24.5 Å². The molecular weight excluding hydrogens is 196 g/mol. The van der Waals surface area contributed by atoms with Gasteiger partial charge in [-0.05, 0) is 37.6 Å². The number of hydrogen-bond acceptors (Lipinski definition) is 2. The lowest BCUT2D eigenvalue weighted by atomic mass is 9.94. The van der Waals surface area contributed by atoms with Crippen molar-refractivity contribution in [1.29, 1.82) is 0 Å². The van der Waals surface area contributed by atoms with Crippen molar-refractivity contribution in [1.82, 2.24) is 10.2 Å². The van der Waals surface area contributed by atoms with Crippen LogP contribution in [0.5, 0.6) is 0 Å². The molecule has 1 aliphatic rings. The molecule has 0 saturated heterocycles. The van der Waals surface area contributed by atoms with E-state index in [2.05, 4.69) is 41.4 Å². The monoisotopic (exact) mass is 218 g/mol. The van der Waals surface area contributed by atoms with Gasteiger partial charge in [0.2, 0.25) is 0 Å². The summed E-state index contributed by atoms with van der Waals surface area (Å²) >= 11 is 0. The van der Waals surface area contributed by atoms with Crippen molar-refractivity contribution in [3.8, 4) is 0 Å². The first kappa shape index (κ1) is 11.6. The van der Waals surface area contributed by atoms with Gasteiger partial charge < -0.3 is 5.32 Å². The quantitative estimate of drug-likeness (QED) is 0.832. The lowest BCUT2D eigenvalue weighted by Gasteiger charge is -2.36. The highest BCUT2D eigenvalue weighted by atomic mass is 15.2. The Morgan fingerprint density at radius 1 is 1.31 bits per heavy atom. The largest absolute Gasteiger partial charge is 0.318 e. The van der Waals surface area contributed by atoms with Gasteiger partial charge in [0.15, 0.2) is 0 Å². The predicted octanol–water partition coefficient (Wildman–Crippen LogP) is 2.04. The van der Waals surface area contributed by atoms with E-state index in [9.17, 15) is 0 Å². The molecule has 2 heteroatoms. The highest BCUT2D eigenvalue weighted by Gasteiger charge is 2.24. The molecule has 0 aromatic heterocycles. The van der Waals surface area contributed by atoms with Crippen LogP contribution in [0.25, 0.3) is 0 Å². The van der Waals surface area contributed by atoms with Crippen LogP contribution in [-0.2, 0) is 13.0 Å². The molecule has 1 aromatic rings. The van der Waals surface area contributed by atoms with Crippen LogP contribution in [0.2, 0.25) is 0 Å². The van der Waals surface area contributed by atoms with Gasteiger partial charge in [-0.3, -0.25) is 4.90 Å². The van der Waals surface area contributed by atoms with E-state index in [1.807, 2.05) is 7.05 Å². The van der Waals surface area contributed by atoms with Crippen molar-refractivity contribution in [2.45, 2.75) is 32.4 Å². The van der Waals surface area contributed by atoms with Crippen LogP contribution in [0.4, 0.5) is 0 Å². The number of nitrogens with one attached hydrogen (secondary N) is 1. The van der Waals surface area contributed by atoms with Crippen molar-refractivity contribution in [2.24, 2.45) is 0 Å². The first-order valence-electron chi connectivity index (χ1n) is 6.30. The fraction of sp³-hybridized carbons (Fsp3) is 0.571. The Morgan fingerprint density at radius 2 is 2.06 bits per heavy atom. The highest BCUT2D eigenvalue weighted by Crippen LogP contribution is 2.22. The Bertz CT molecular complexity index is 302. The standard InChI is InChI=1S/C14H22N2/c1-3-8-16-11-13-7-5-4-6-12(13)9-14(16)10-15-2/h4-7,14-15H,3,8-11H2,1-2H3. The molecule has 1 heterocycles. The van der Waals surface area contributed by atoms with Gasteiger partial charge in [-0.1, -0.05) is 31.2 Å². The van der Waals surface area contributed by atoms with Gasteiger partial charge in [0.25, 0.3) is 0 Å². The fourth-order valence-corrected chi connectivity index (χ4v) is 2.63. The Morgan fingerprint density at radius 3 is 2.75 bits per heavy atom. The van der Waals surface area contributed by atoms with E-state index in [4.69, 9.17) is 0 Å². The summed E-state index contributed by atoms with van der Waals surface area (Å²) in [5.41, 5.74) is 3.05. The molecule has 0 amide bonds. The normalized spacial score (nSPS) is 20.8. The van der Waals surface area contributed by atoms with E-state index < -0.39 is 0 Å². The van der Waals surface area contributed by atoms with Gasteiger partial charge in [0.1, 0.15) is 0 Å². The summed E-state index contributed by atoms with van der Waals surface area (Å²) in [6.07, 6.45) is 2.43. The minimum absolute atomic E-state index is 0.667. The minimum atomic E-state index is 0.667. The average Bonchev–Trinajstić information content (AvgIpc) is 2.30. The van der Waals surface area contributed by atoms with E-state index in [1.165, 1.54) is 30.5 Å². The first-order valence-corrected chi connectivity index (χ1v) is 6.30. The van der Waals surface area contributed by atoms with E-state index in [-0.39, 0.29) is 0 Å². The van der Waals surface area contributed by atoms with Crippen molar-refractivity contribution in [2.75, 3.05) is 20.1 Å². The van der Waals surface area contributed by atoms with Crippen LogP contribution in [-0.4, -0.2) is 31.1 Å². The van der Waals surface area contributed by atoms with Crippen LogP contribution in [0.15, 0.2) is 24.3 Å². The maximum atomic E-state index is 3.31. The number of rotatable bonds is 4. The molecule has 0 aliphatic carbocycles. The number of benzene rings is 1. The van der Waals surface area contributed by atoms with Gasteiger partial charge in [0.05, 0.1) is 0 Å². The summed E-state index contributed by atoms with van der Waals surface area (Å²) in [4.78, 5) is 2.61. The van der Waals surface area contributed by atoms with Crippen LogP contribution in [0, 0.1) is 0 Å². The Labute approximate surface area is 98.7 Å². The molecule has 16 heavy (non-hydrogen) atoms. The lowest BCUT2D eigenvalue weighted by molar-refractivity contribution is 0.170. The zero-order valence-electron chi connectivity index (χ0n) is 10.4. The zero-order chi connectivity index (χ0) is 11.4. The average molecular weight is 218 g/mol. The predicted molar refractivity (Wildman–Crippen MR) is 68.6 cm³/mol. The van der Waals surface area contributed by atoms with Gasteiger partial charge in [0, 0.05) is 19.1 Å². The third kappa shape index (κ3) is 2.45. The van der Waals surface area contributed by atoms with Gasteiger partial charge >= 0.3 is 0 Å². The Kier molecular flexibility index (Phi) is 3.97. The molecule has 1 aromatic carbocycles. The topological polar surface area (TPSA) is 15.3 Å². The van der Waals surface area contributed by atoms with Crippen molar-refractivity contribution in [3.05, 3.63) is 35.4 Å². The van der Waals surface area contributed by atoms with Gasteiger partial charge in [-0.2, -0.15) is 0 Å². The summed E-state index contributed by atoms with van der Waals surface area (Å²) in [5.74, 6) is 0. The van der Waals surface area contributed by atoms with Crippen LogP contribution in [0.3, 0.4) is 0 Å². The van der Waals surface area contributed by atoms with E-state index >= 15 is 0 Å². The molecular formula is C14H22N2. The summed E-state index contributed by atoms with van der Waals surface area (Å²) in [6, 6.07) is 9.53. The molecule has 0 fully saturated rings. The maximum Gasteiger partial charge on any atom is 0.0264 e. The molecule has 2 rings (SSSR count). The molecule has 0 spiro atoms. The Balaban J connectivity index is 2.15. The molecule has 88 valence electrons. The zero-order valence-corrected chi connectivity index (χ0v) is 10.4. The molecule has 1 N–H and O–H groups in total. The molecule has 1 unspecified atom stereocenters. The SMILES string of the molecule is CCCN1Cc2ccccc2CC1CNC. The third-order valence-electron chi connectivity index (χ3n) is 3.41. The van der Waals surface area contributed by atoms with E-state index in [0.717, 1.165) is 13.1 Å². The number of likely N-dealkylation sites (N-methyl/N-ethyl adjacent to an activating group) is 1. The summed E-state index contributed by atoms with van der Waals surface area (Å²) in [6.45, 7) is 5.68. The molecule has 0 radical (unpaired) electrons. The summed E-state index contributed by atoms with van der Waals surface area (Å²) < 4.78 is 0. The minimum Gasteiger partial charge on any atom is -0.318 e. The van der Waals surface area contributed by atoms with E-state index in [1.54, 1.807) is 0 Å². The molecule has 1 atom stereocenters. The van der Waals surface area contributed by atoms with Gasteiger partial charge in [-0.15, -0.1) is 0 Å². The molecule has 2 nitrogen and oxygen atoms in total. The fourth-order valence-electron chi connectivity index (χ4n) is 2.63. The van der Waals surface area contributed by atoms with Gasteiger partial charge in [-0.25, -0.2) is 0 Å². The van der Waals surface area contributed by atoms with Crippen LogP contribution >= 0.6 is 0 Å². The first-order chi connectivity index (χ1) is 7.85. The van der Waals surface area contributed by atoms with Crippen molar-refractivity contribution >= 4 is 0 Å². The van der Waals surface area contributed by atoms with E-state index in [0.29, 0.717) is 6.04 Å². The molecule has 0 bridgehead atoms. The highest BCUT2D eigenvalue weighted by molar-refractivity contribution is 5.30. The Hall–Kier alpha value is -0.860. The molecule has 1 aliphatic heterocycles. The lowest BCUT2D eigenvalue weighted by Crippen LogP contribution is -2.45. The maximum absolute atomic E-state index is 3.31. The van der Waals surface area contributed by atoms with Crippen LogP contribution < -0.4 is 5.32 Å². The second-order valence-electron chi connectivity index (χ2n) is 4.65. The second kappa shape index (κ2) is 5.46. The third-order valence-corrected chi connectivity index (χ3v) is 3.41. The number of hydrogen-bond donors (Lipinski definition) is 1. The number of fused-ring (bicyclic) bond motifs is 1. The van der Waals surface area contributed by atoms with Crippen molar-refractivity contribution in [3.63, 3.8) is 0 Å². The summed E-state index contributed by atoms with van der Waals surface area (Å²) in [5, 5.41) is 3.31. The number of nitrogens with zero attached hydrogens (tertiary/aromatic N) is 1. The van der Waals surface area contributed by atoms with Crippen molar-refractivity contribution < 1.29 is 0 Å². The molecule has 0 saturated carbocycles. The smallest absolute Gasteiger partial charge is 0.0264 e.